The van der Waals surface area contributed by atoms with Crippen LogP contribution in [-0.4, -0.2) is 66.6 Å². The predicted molar refractivity (Wildman–Crippen MR) is 148 cm³/mol. The van der Waals surface area contributed by atoms with Crippen molar-refractivity contribution < 1.29 is 18.9 Å². The third-order valence-corrected chi connectivity index (χ3v) is 7.17. The largest absolute Gasteiger partial charge is 0.496 e. The Balaban J connectivity index is 1.29. The lowest BCUT2D eigenvalue weighted by Gasteiger charge is -2.35. The van der Waals surface area contributed by atoms with Crippen LogP contribution in [0, 0.1) is 11.3 Å². The quantitative estimate of drug-likeness (QED) is 0.413. The Hall–Kier alpha value is -3.51. The number of nitrogens with zero attached hydrogens (tertiary/aromatic N) is 4. The summed E-state index contributed by atoms with van der Waals surface area (Å²) in [4.78, 5) is 11.7. The lowest BCUT2D eigenvalue weighted by Crippen LogP contribution is -2.44. The minimum absolute atomic E-state index is 0.0757. The molecule has 39 heavy (non-hydrogen) atoms. The van der Waals surface area contributed by atoms with Crippen molar-refractivity contribution in [3.63, 3.8) is 0 Å². The van der Waals surface area contributed by atoms with Crippen LogP contribution in [0.3, 0.4) is 0 Å². The van der Waals surface area contributed by atoms with Gasteiger partial charge in [0.2, 0.25) is 0 Å². The molecule has 0 bridgehead atoms. The molecule has 8 heteroatoms. The fourth-order valence-corrected chi connectivity index (χ4v) is 5.36. The van der Waals surface area contributed by atoms with Crippen LogP contribution in [-0.2, 0) is 22.4 Å². The SMILES string of the molecule is COc1cc(Cc2nccc(-c3ccc(OC4CCOCC4)c(C#N)c3)n2)ccc1CN1C[C@@H](C)O[C@@H](C)C1. The van der Waals surface area contributed by atoms with Gasteiger partial charge in [-0.3, -0.25) is 4.90 Å². The van der Waals surface area contributed by atoms with E-state index in [9.17, 15) is 5.26 Å². The molecule has 2 atom stereocenters. The number of rotatable bonds is 8. The van der Waals surface area contributed by atoms with E-state index in [1.165, 1.54) is 0 Å². The van der Waals surface area contributed by atoms with Gasteiger partial charge in [-0.1, -0.05) is 12.1 Å². The van der Waals surface area contributed by atoms with Gasteiger partial charge in [0.05, 0.1) is 43.8 Å². The van der Waals surface area contributed by atoms with Gasteiger partial charge in [-0.25, -0.2) is 9.97 Å². The minimum atomic E-state index is 0.0757. The predicted octanol–water partition coefficient (Wildman–Crippen LogP) is 4.78. The first-order valence-electron chi connectivity index (χ1n) is 13.6. The van der Waals surface area contributed by atoms with Gasteiger partial charge < -0.3 is 18.9 Å². The Kier molecular flexibility index (Phi) is 8.72. The van der Waals surface area contributed by atoms with Crippen LogP contribution >= 0.6 is 0 Å². The summed E-state index contributed by atoms with van der Waals surface area (Å²) in [7, 11) is 1.71. The summed E-state index contributed by atoms with van der Waals surface area (Å²) in [5.41, 5.74) is 4.37. The average Bonchev–Trinajstić information content (AvgIpc) is 2.94. The molecule has 0 radical (unpaired) electrons. The zero-order valence-corrected chi connectivity index (χ0v) is 22.9. The van der Waals surface area contributed by atoms with E-state index < -0.39 is 0 Å². The molecule has 0 amide bonds. The minimum Gasteiger partial charge on any atom is -0.496 e. The fraction of sp³-hybridized carbons (Fsp3) is 0.452. The van der Waals surface area contributed by atoms with Crippen LogP contribution in [0.5, 0.6) is 11.5 Å². The van der Waals surface area contributed by atoms with Crippen LogP contribution in [0.25, 0.3) is 11.3 Å². The van der Waals surface area contributed by atoms with E-state index in [1.807, 2.05) is 24.3 Å². The molecule has 5 rings (SSSR count). The van der Waals surface area contributed by atoms with Gasteiger partial charge in [0.1, 0.15) is 29.5 Å². The maximum Gasteiger partial charge on any atom is 0.137 e. The summed E-state index contributed by atoms with van der Waals surface area (Å²) >= 11 is 0. The van der Waals surface area contributed by atoms with Crippen LogP contribution < -0.4 is 9.47 Å². The second-order valence-corrected chi connectivity index (χ2v) is 10.4. The van der Waals surface area contributed by atoms with Gasteiger partial charge in [-0.15, -0.1) is 0 Å². The molecule has 0 N–H and O–H groups in total. The van der Waals surface area contributed by atoms with E-state index in [2.05, 4.69) is 48.0 Å². The number of hydrogen-bond acceptors (Lipinski definition) is 8. The third kappa shape index (κ3) is 6.93. The fourth-order valence-electron chi connectivity index (χ4n) is 5.36. The summed E-state index contributed by atoms with van der Waals surface area (Å²) in [6.07, 6.45) is 4.53. The number of aromatic nitrogens is 2. The Morgan fingerprint density at radius 3 is 2.56 bits per heavy atom. The van der Waals surface area contributed by atoms with E-state index in [0.29, 0.717) is 36.8 Å². The molecule has 2 saturated heterocycles. The van der Waals surface area contributed by atoms with E-state index in [4.69, 9.17) is 23.9 Å². The van der Waals surface area contributed by atoms with Crippen LogP contribution in [0.2, 0.25) is 0 Å². The van der Waals surface area contributed by atoms with Gasteiger partial charge >= 0.3 is 0 Å². The summed E-state index contributed by atoms with van der Waals surface area (Å²) < 4.78 is 23.1. The van der Waals surface area contributed by atoms with Gasteiger partial charge in [-0.2, -0.15) is 5.26 Å². The highest BCUT2D eigenvalue weighted by Gasteiger charge is 2.23. The second kappa shape index (κ2) is 12.6. The first-order valence-corrected chi connectivity index (χ1v) is 13.6. The standard InChI is InChI=1S/C31H36N4O4/c1-21-18-35(19-22(2)38-21)20-25-5-4-23(14-30(25)36-3)15-31-33-11-8-28(34-31)24-6-7-29(26(16-24)17-32)39-27-9-12-37-13-10-27/h4-8,11,14,16,21-22,27H,9-10,12-13,15,18-20H2,1-3H3/t21-,22+. The van der Waals surface area contributed by atoms with E-state index in [-0.39, 0.29) is 18.3 Å². The molecule has 2 fully saturated rings. The van der Waals surface area contributed by atoms with Crippen LogP contribution in [0.15, 0.2) is 48.7 Å². The summed E-state index contributed by atoms with van der Waals surface area (Å²) in [6.45, 7) is 8.26. The highest BCUT2D eigenvalue weighted by Crippen LogP contribution is 2.28. The van der Waals surface area contributed by atoms with E-state index in [1.54, 1.807) is 13.3 Å². The molecular formula is C31H36N4O4. The third-order valence-electron chi connectivity index (χ3n) is 7.17. The number of methoxy groups -OCH3 is 1. The molecule has 1 aromatic heterocycles. The lowest BCUT2D eigenvalue weighted by molar-refractivity contribution is -0.0706. The Bertz CT molecular complexity index is 1310. The molecule has 0 spiro atoms. The normalized spacial score (nSPS) is 20.4. The lowest BCUT2D eigenvalue weighted by atomic mass is 10.1. The molecule has 8 nitrogen and oxygen atoms in total. The summed E-state index contributed by atoms with van der Waals surface area (Å²) in [5, 5.41) is 9.76. The maximum absolute atomic E-state index is 9.76. The average molecular weight is 529 g/mol. The van der Waals surface area contributed by atoms with E-state index >= 15 is 0 Å². The molecule has 0 aliphatic carbocycles. The number of hydrogen-bond donors (Lipinski definition) is 0. The summed E-state index contributed by atoms with van der Waals surface area (Å²) in [5.74, 6) is 2.18. The Morgan fingerprint density at radius 2 is 1.82 bits per heavy atom. The first-order chi connectivity index (χ1) is 19.0. The Morgan fingerprint density at radius 1 is 1.03 bits per heavy atom. The van der Waals surface area contributed by atoms with Crippen molar-refractivity contribution in [2.24, 2.45) is 0 Å². The molecule has 3 aromatic rings. The van der Waals surface area contributed by atoms with E-state index in [0.717, 1.165) is 60.6 Å². The summed E-state index contributed by atoms with van der Waals surface area (Å²) in [6, 6.07) is 16.1. The number of nitriles is 1. The van der Waals surface area contributed by atoms with Crippen molar-refractivity contribution in [1.82, 2.24) is 14.9 Å². The van der Waals surface area contributed by atoms with Gasteiger partial charge in [-0.05, 0) is 49.7 Å². The number of benzene rings is 2. The number of morpholine rings is 1. The van der Waals surface area contributed by atoms with Crippen molar-refractivity contribution in [2.45, 2.75) is 58.0 Å². The van der Waals surface area contributed by atoms with Gasteiger partial charge in [0.15, 0.2) is 0 Å². The molecule has 3 heterocycles. The van der Waals surface area contributed by atoms with Crippen molar-refractivity contribution in [3.05, 3.63) is 71.2 Å². The number of ether oxygens (including phenoxy) is 4. The molecule has 0 unspecified atom stereocenters. The van der Waals surface area contributed by atoms with Crippen molar-refractivity contribution in [3.8, 4) is 28.8 Å². The van der Waals surface area contributed by atoms with Crippen LogP contribution in [0.4, 0.5) is 0 Å². The van der Waals surface area contributed by atoms with Crippen molar-refractivity contribution in [1.29, 1.82) is 5.26 Å². The molecule has 2 aliphatic heterocycles. The van der Waals surface area contributed by atoms with Gasteiger partial charge in [0, 0.05) is 56.2 Å². The Labute approximate surface area is 230 Å². The smallest absolute Gasteiger partial charge is 0.137 e. The molecular weight excluding hydrogens is 492 g/mol. The molecule has 2 aromatic carbocycles. The topological polar surface area (TPSA) is 89.7 Å². The molecule has 2 aliphatic rings. The van der Waals surface area contributed by atoms with Crippen molar-refractivity contribution >= 4 is 0 Å². The van der Waals surface area contributed by atoms with Crippen LogP contribution in [0.1, 0.15) is 49.2 Å². The first kappa shape index (κ1) is 27.1. The second-order valence-electron chi connectivity index (χ2n) is 10.4. The highest BCUT2D eigenvalue weighted by atomic mass is 16.5. The van der Waals surface area contributed by atoms with Crippen molar-refractivity contribution in [2.75, 3.05) is 33.4 Å². The zero-order valence-electron chi connectivity index (χ0n) is 22.9. The molecule has 204 valence electrons. The zero-order chi connectivity index (χ0) is 27.2. The maximum atomic E-state index is 9.76. The molecule has 0 saturated carbocycles. The monoisotopic (exact) mass is 528 g/mol. The van der Waals surface area contributed by atoms with Gasteiger partial charge in [0.25, 0.3) is 0 Å². The highest BCUT2D eigenvalue weighted by molar-refractivity contribution is 5.64.